The third-order valence-corrected chi connectivity index (χ3v) is 3.21. The van der Waals surface area contributed by atoms with Crippen LogP contribution in [-0.4, -0.2) is 27.9 Å². The third kappa shape index (κ3) is 1.82. The highest BCUT2D eigenvalue weighted by molar-refractivity contribution is 5.49. The minimum Gasteiger partial charge on any atom is -0.367 e. The van der Waals surface area contributed by atoms with Crippen molar-refractivity contribution >= 4 is 5.69 Å². The molecular weight excluding hydrogens is 226 g/mol. The molecule has 5 nitrogen and oxygen atoms in total. The van der Waals surface area contributed by atoms with Crippen molar-refractivity contribution in [3.8, 4) is 6.07 Å². The van der Waals surface area contributed by atoms with Gasteiger partial charge in [-0.05, 0) is 19.1 Å². The number of hydrogen-bond donors (Lipinski definition) is 0. The number of aryl methyl sites for hydroxylation is 1. The normalized spacial score (nSPS) is 15.2. The lowest BCUT2D eigenvalue weighted by atomic mass is 10.1. The summed E-state index contributed by atoms with van der Waals surface area (Å²) < 4.78 is 1.88. The van der Waals surface area contributed by atoms with Gasteiger partial charge in [0.2, 0.25) is 0 Å². The number of hydrogen-bond acceptors (Lipinski definition) is 4. The van der Waals surface area contributed by atoms with Crippen molar-refractivity contribution in [1.82, 2.24) is 14.8 Å². The molecule has 3 rings (SSSR count). The fraction of sp³-hybridized carbons (Fsp3) is 0.308. The molecule has 2 aromatic heterocycles. The fourth-order valence-corrected chi connectivity index (χ4v) is 2.16. The van der Waals surface area contributed by atoms with Crippen LogP contribution < -0.4 is 4.90 Å². The van der Waals surface area contributed by atoms with Gasteiger partial charge in [-0.3, -0.25) is 9.67 Å². The minimum absolute atomic E-state index is 0.362. The van der Waals surface area contributed by atoms with Gasteiger partial charge in [-0.25, -0.2) is 0 Å². The Balaban J connectivity index is 1.68. The average molecular weight is 239 g/mol. The Morgan fingerprint density at radius 1 is 1.44 bits per heavy atom. The monoisotopic (exact) mass is 239 g/mol. The van der Waals surface area contributed by atoms with Crippen molar-refractivity contribution in [2.45, 2.75) is 13.0 Å². The van der Waals surface area contributed by atoms with Gasteiger partial charge >= 0.3 is 0 Å². The number of anilines is 1. The Bertz CT molecular complexity index is 604. The summed E-state index contributed by atoms with van der Waals surface area (Å²) in [5, 5.41) is 13.0. The van der Waals surface area contributed by atoms with E-state index in [1.807, 2.05) is 23.9 Å². The first-order valence-corrected chi connectivity index (χ1v) is 5.88. The number of nitrogens with zero attached hydrogens (tertiary/aromatic N) is 5. The van der Waals surface area contributed by atoms with Crippen molar-refractivity contribution in [3.63, 3.8) is 0 Å². The lowest BCUT2D eigenvalue weighted by Gasteiger charge is -2.41. The van der Waals surface area contributed by atoms with Crippen LogP contribution in [-0.2, 0) is 0 Å². The molecule has 0 aromatic carbocycles. The maximum absolute atomic E-state index is 8.76. The Morgan fingerprint density at radius 2 is 2.28 bits per heavy atom. The molecule has 0 bridgehead atoms. The van der Waals surface area contributed by atoms with Crippen molar-refractivity contribution in [3.05, 3.63) is 42.0 Å². The van der Waals surface area contributed by atoms with Crippen LogP contribution in [0.2, 0.25) is 0 Å². The zero-order valence-electron chi connectivity index (χ0n) is 10.1. The molecule has 0 radical (unpaired) electrons. The van der Waals surface area contributed by atoms with E-state index < -0.39 is 0 Å². The molecule has 0 unspecified atom stereocenters. The highest BCUT2D eigenvalue weighted by atomic mass is 15.4. The Kier molecular flexibility index (Phi) is 2.49. The number of rotatable bonds is 2. The first-order valence-electron chi connectivity index (χ1n) is 5.88. The van der Waals surface area contributed by atoms with Crippen LogP contribution in [0.4, 0.5) is 5.69 Å². The number of pyridine rings is 1. The standard InChI is InChI=1S/C13H13N5/c1-10-4-12(2-3-15-10)17-8-13(9-17)18-7-11(5-14)6-16-18/h2-4,6-7,13H,8-9H2,1H3. The second kappa shape index (κ2) is 4.15. The first kappa shape index (κ1) is 10.8. The lowest BCUT2D eigenvalue weighted by Crippen LogP contribution is -2.48. The van der Waals surface area contributed by atoms with Crippen molar-refractivity contribution in [2.24, 2.45) is 0 Å². The number of nitriles is 1. The van der Waals surface area contributed by atoms with Crippen molar-refractivity contribution in [2.75, 3.05) is 18.0 Å². The predicted octanol–water partition coefficient (Wildman–Crippen LogP) is 1.52. The molecule has 0 saturated carbocycles. The molecule has 2 aromatic rings. The molecular formula is C13H13N5. The molecule has 1 fully saturated rings. The molecule has 90 valence electrons. The molecule has 5 heteroatoms. The van der Waals surface area contributed by atoms with Crippen LogP contribution in [0.5, 0.6) is 0 Å². The molecule has 1 aliphatic rings. The highest BCUT2D eigenvalue weighted by Crippen LogP contribution is 2.27. The summed E-state index contributed by atoms with van der Waals surface area (Å²) in [4.78, 5) is 6.48. The summed E-state index contributed by atoms with van der Waals surface area (Å²) in [6.07, 6.45) is 5.25. The quantitative estimate of drug-likeness (QED) is 0.797. The van der Waals surface area contributed by atoms with E-state index in [1.165, 1.54) is 5.69 Å². The van der Waals surface area contributed by atoms with Gasteiger partial charge in [-0.15, -0.1) is 0 Å². The molecule has 18 heavy (non-hydrogen) atoms. The predicted molar refractivity (Wildman–Crippen MR) is 67.2 cm³/mol. The van der Waals surface area contributed by atoms with Gasteiger partial charge in [-0.2, -0.15) is 10.4 Å². The molecule has 0 aliphatic carbocycles. The van der Waals surface area contributed by atoms with Crippen LogP contribution in [0, 0.1) is 18.3 Å². The topological polar surface area (TPSA) is 57.7 Å². The second-order valence-electron chi connectivity index (χ2n) is 4.54. The lowest BCUT2D eigenvalue weighted by molar-refractivity contribution is 0.368. The Labute approximate surface area is 105 Å². The summed E-state index contributed by atoms with van der Waals surface area (Å²) in [5.41, 5.74) is 2.85. The summed E-state index contributed by atoms with van der Waals surface area (Å²) in [7, 11) is 0. The number of aromatic nitrogens is 3. The zero-order chi connectivity index (χ0) is 12.5. The van der Waals surface area contributed by atoms with Crippen LogP contribution in [0.15, 0.2) is 30.7 Å². The van der Waals surface area contributed by atoms with Gasteiger partial charge in [0.05, 0.1) is 17.8 Å². The minimum atomic E-state index is 0.362. The van der Waals surface area contributed by atoms with E-state index in [2.05, 4.69) is 27.1 Å². The van der Waals surface area contributed by atoms with Crippen LogP contribution >= 0.6 is 0 Å². The Morgan fingerprint density at radius 3 is 2.94 bits per heavy atom. The highest BCUT2D eigenvalue weighted by Gasteiger charge is 2.29. The fourth-order valence-electron chi connectivity index (χ4n) is 2.16. The second-order valence-corrected chi connectivity index (χ2v) is 4.54. The Hall–Kier alpha value is -2.35. The van der Waals surface area contributed by atoms with E-state index in [0.29, 0.717) is 11.6 Å². The maximum Gasteiger partial charge on any atom is 0.102 e. The van der Waals surface area contributed by atoms with E-state index in [-0.39, 0.29) is 0 Å². The molecule has 1 saturated heterocycles. The largest absolute Gasteiger partial charge is 0.367 e. The van der Waals surface area contributed by atoms with Crippen LogP contribution in [0.1, 0.15) is 17.3 Å². The summed E-state index contributed by atoms with van der Waals surface area (Å²) in [5.74, 6) is 0. The van der Waals surface area contributed by atoms with E-state index in [4.69, 9.17) is 5.26 Å². The SMILES string of the molecule is Cc1cc(N2CC(n3cc(C#N)cn3)C2)ccn1. The molecule has 0 amide bonds. The molecule has 0 N–H and O–H groups in total. The van der Waals surface area contributed by atoms with Gasteiger partial charge in [-0.1, -0.05) is 0 Å². The van der Waals surface area contributed by atoms with Gasteiger partial charge in [0.25, 0.3) is 0 Å². The molecule has 3 heterocycles. The zero-order valence-corrected chi connectivity index (χ0v) is 10.1. The molecule has 0 atom stereocenters. The van der Waals surface area contributed by atoms with E-state index in [9.17, 15) is 0 Å². The average Bonchev–Trinajstić information content (AvgIpc) is 2.76. The van der Waals surface area contributed by atoms with E-state index in [0.717, 1.165) is 18.8 Å². The maximum atomic E-state index is 8.76. The van der Waals surface area contributed by atoms with Gasteiger partial charge in [0, 0.05) is 36.9 Å². The third-order valence-electron chi connectivity index (χ3n) is 3.21. The van der Waals surface area contributed by atoms with Crippen molar-refractivity contribution in [1.29, 1.82) is 5.26 Å². The smallest absolute Gasteiger partial charge is 0.102 e. The van der Waals surface area contributed by atoms with Crippen molar-refractivity contribution < 1.29 is 0 Å². The summed E-state index contributed by atoms with van der Waals surface area (Å²) in [6.45, 7) is 3.85. The van der Waals surface area contributed by atoms with E-state index in [1.54, 1.807) is 12.4 Å². The summed E-state index contributed by atoms with van der Waals surface area (Å²) >= 11 is 0. The van der Waals surface area contributed by atoms with Gasteiger partial charge < -0.3 is 4.90 Å². The molecule has 0 spiro atoms. The molecule has 1 aliphatic heterocycles. The van der Waals surface area contributed by atoms with E-state index >= 15 is 0 Å². The summed E-state index contributed by atoms with van der Waals surface area (Å²) in [6, 6.07) is 6.56. The van der Waals surface area contributed by atoms with Crippen LogP contribution in [0.3, 0.4) is 0 Å². The first-order chi connectivity index (χ1) is 8.76. The van der Waals surface area contributed by atoms with Crippen LogP contribution in [0.25, 0.3) is 0 Å². The van der Waals surface area contributed by atoms with Gasteiger partial charge in [0.15, 0.2) is 0 Å². The van der Waals surface area contributed by atoms with Gasteiger partial charge in [0.1, 0.15) is 6.07 Å².